The van der Waals surface area contributed by atoms with Crippen LogP contribution in [0.25, 0.3) is 0 Å². The summed E-state index contributed by atoms with van der Waals surface area (Å²) >= 11 is 7.32. The molecule has 7 nitrogen and oxygen atoms in total. The Kier molecular flexibility index (Phi) is 6.28. The van der Waals surface area contributed by atoms with E-state index in [0.29, 0.717) is 22.1 Å². The zero-order valence-electron chi connectivity index (χ0n) is 14.8. The highest BCUT2D eigenvalue weighted by Crippen LogP contribution is 2.23. The van der Waals surface area contributed by atoms with Crippen LogP contribution in [0, 0.1) is 0 Å². The molecule has 0 unspecified atom stereocenters. The van der Waals surface area contributed by atoms with Gasteiger partial charge in [0, 0.05) is 5.02 Å². The summed E-state index contributed by atoms with van der Waals surface area (Å²) in [6, 6.07) is 13.1. The number of hydrogen-bond donors (Lipinski definition) is 2. The molecule has 28 heavy (non-hydrogen) atoms. The molecular weight excluding hydrogens is 420 g/mol. The van der Waals surface area contributed by atoms with Crippen LogP contribution in [-0.4, -0.2) is 24.5 Å². The Balaban J connectivity index is 1.79. The summed E-state index contributed by atoms with van der Waals surface area (Å²) in [6.45, 7) is 1.94. The lowest BCUT2D eigenvalue weighted by Crippen LogP contribution is -2.19. The highest BCUT2D eigenvalue weighted by Gasteiger charge is 2.19. The second-order valence-electron chi connectivity index (χ2n) is 5.81. The Morgan fingerprint density at radius 1 is 1.11 bits per heavy atom. The molecule has 0 atom stereocenters. The van der Waals surface area contributed by atoms with Gasteiger partial charge in [0.05, 0.1) is 17.0 Å². The van der Waals surface area contributed by atoms with Gasteiger partial charge in [-0.15, -0.1) is 10.2 Å². The molecule has 0 bridgehead atoms. The van der Waals surface area contributed by atoms with Crippen LogP contribution in [0.2, 0.25) is 5.02 Å². The van der Waals surface area contributed by atoms with Crippen molar-refractivity contribution in [3.8, 4) is 0 Å². The Labute approximate surface area is 171 Å². The summed E-state index contributed by atoms with van der Waals surface area (Å²) in [6.07, 6.45) is 0.714. The molecular formula is C18H17ClN4O3S2. The minimum Gasteiger partial charge on any atom is -0.296 e. The van der Waals surface area contributed by atoms with Gasteiger partial charge in [0.15, 0.2) is 0 Å². The van der Waals surface area contributed by atoms with Crippen LogP contribution in [0.1, 0.15) is 27.9 Å². The van der Waals surface area contributed by atoms with Crippen LogP contribution in [0.4, 0.5) is 10.8 Å². The predicted octanol–water partition coefficient (Wildman–Crippen LogP) is 3.95. The third-order valence-electron chi connectivity index (χ3n) is 3.73. The maximum Gasteiger partial charge on any atom is 0.259 e. The van der Waals surface area contributed by atoms with E-state index in [4.69, 9.17) is 11.6 Å². The topological polar surface area (TPSA) is 101 Å². The average Bonchev–Trinajstić information content (AvgIpc) is 3.11. The number of rotatable bonds is 7. The largest absolute Gasteiger partial charge is 0.296 e. The first-order valence-electron chi connectivity index (χ1n) is 8.34. The number of aromatic nitrogens is 2. The first kappa shape index (κ1) is 20.2. The molecule has 0 aliphatic carbocycles. The van der Waals surface area contributed by atoms with Gasteiger partial charge in [-0.1, -0.05) is 60.2 Å². The number of nitrogens with zero attached hydrogens (tertiary/aromatic N) is 2. The number of halogens is 1. The highest BCUT2D eigenvalue weighted by molar-refractivity contribution is 7.91. The van der Waals surface area contributed by atoms with Gasteiger partial charge in [-0.2, -0.15) is 0 Å². The summed E-state index contributed by atoms with van der Waals surface area (Å²) in [5.74, 6) is -0.784. The van der Waals surface area contributed by atoms with Gasteiger partial charge in [-0.05, 0) is 30.2 Å². The molecule has 3 rings (SSSR count). The fourth-order valence-electron chi connectivity index (χ4n) is 2.41. The molecule has 10 heteroatoms. The van der Waals surface area contributed by atoms with E-state index in [0.717, 1.165) is 5.01 Å². The van der Waals surface area contributed by atoms with Crippen molar-refractivity contribution in [1.82, 2.24) is 10.2 Å². The fourth-order valence-corrected chi connectivity index (χ4v) is 4.61. The van der Waals surface area contributed by atoms with Gasteiger partial charge in [0.25, 0.3) is 5.91 Å². The van der Waals surface area contributed by atoms with Crippen LogP contribution >= 0.6 is 22.9 Å². The predicted molar refractivity (Wildman–Crippen MR) is 111 cm³/mol. The van der Waals surface area contributed by atoms with Gasteiger partial charge in [-0.25, -0.2) is 8.42 Å². The highest BCUT2D eigenvalue weighted by atomic mass is 35.5. The van der Waals surface area contributed by atoms with E-state index in [1.807, 2.05) is 6.92 Å². The number of amides is 1. The van der Waals surface area contributed by atoms with Gasteiger partial charge >= 0.3 is 0 Å². The molecule has 2 aromatic carbocycles. The molecule has 0 aliphatic heterocycles. The standard InChI is InChI=1S/C18H17ClN4O3S2/c1-2-16-21-22-18(27-16)20-17(24)13-8-4-6-10-15(13)23-28(25,26)11-12-7-3-5-9-14(12)19/h3-10,23H,2,11H2,1H3,(H,20,22,24). The number of hydrogen-bond acceptors (Lipinski definition) is 6. The average molecular weight is 437 g/mol. The molecule has 1 aromatic heterocycles. The lowest BCUT2D eigenvalue weighted by atomic mass is 10.2. The summed E-state index contributed by atoms with van der Waals surface area (Å²) < 4.78 is 27.6. The number of para-hydroxylation sites is 1. The van der Waals surface area contributed by atoms with Crippen LogP contribution in [-0.2, 0) is 22.2 Å². The molecule has 0 aliphatic rings. The lowest BCUT2D eigenvalue weighted by molar-refractivity contribution is 0.102. The molecule has 0 radical (unpaired) electrons. The molecule has 0 fully saturated rings. The van der Waals surface area contributed by atoms with E-state index < -0.39 is 15.9 Å². The Morgan fingerprint density at radius 3 is 2.54 bits per heavy atom. The normalized spacial score (nSPS) is 11.2. The van der Waals surface area contributed by atoms with Gasteiger partial charge in [0.2, 0.25) is 15.2 Å². The van der Waals surface area contributed by atoms with E-state index in [2.05, 4.69) is 20.2 Å². The minimum absolute atomic E-state index is 0.173. The molecule has 2 N–H and O–H groups in total. The molecule has 0 saturated carbocycles. The van der Waals surface area contributed by atoms with Gasteiger partial charge < -0.3 is 0 Å². The Morgan fingerprint density at radius 2 is 1.82 bits per heavy atom. The molecule has 0 spiro atoms. The Bertz CT molecular complexity index is 1100. The molecule has 146 valence electrons. The van der Waals surface area contributed by atoms with Crippen LogP contribution < -0.4 is 10.0 Å². The zero-order chi connectivity index (χ0) is 20.1. The molecule has 3 aromatic rings. The van der Waals surface area contributed by atoms with Crippen molar-refractivity contribution >= 4 is 49.7 Å². The number of aryl methyl sites for hydroxylation is 1. The van der Waals surface area contributed by atoms with Crippen molar-refractivity contribution in [3.63, 3.8) is 0 Å². The van der Waals surface area contributed by atoms with Crippen molar-refractivity contribution in [3.05, 3.63) is 69.7 Å². The van der Waals surface area contributed by atoms with Crippen molar-refractivity contribution in [2.75, 3.05) is 10.0 Å². The van der Waals surface area contributed by atoms with Crippen LogP contribution in [0.5, 0.6) is 0 Å². The number of anilines is 2. The van der Waals surface area contributed by atoms with E-state index in [9.17, 15) is 13.2 Å². The van der Waals surface area contributed by atoms with Gasteiger partial charge in [0.1, 0.15) is 5.01 Å². The first-order valence-corrected chi connectivity index (χ1v) is 11.2. The van der Waals surface area contributed by atoms with Crippen molar-refractivity contribution in [1.29, 1.82) is 0 Å². The molecule has 1 heterocycles. The van der Waals surface area contributed by atoms with E-state index in [1.165, 1.54) is 23.5 Å². The number of carbonyl (C=O) groups is 1. The zero-order valence-corrected chi connectivity index (χ0v) is 17.2. The quantitative estimate of drug-likeness (QED) is 0.584. The number of sulfonamides is 1. The van der Waals surface area contributed by atoms with Crippen LogP contribution in [0.3, 0.4) is 0 Å². The Hall–Kier alpha value is -2.49. The smallest absolute Gasteiger partial charge is 0.259 e. The summed E-state index contributed by atoms with van der Waals surface area (Å²) in [4.78, 5) is 12.6. The fraction of sp³-hybridized carbons (Fsp3) is 0.167. The maximum atomic E-state index is 12.6. The maximum absolute atomic E-state index is 12.6. The SMILES string of the molecule is CCc1nnc(NC(=O)c2ccccc2NS(=O)(=O)Cc2ccccc2Cl)s1. The third kappa shape index (κ3) is 5.06. The van der Waals surface area contributed by atoms with E-state index >= 15 is 0 Å². The minimum atomic E-state index is -3.78. The summed E-state index contributed by atoms with van der Waals surface area (Å²) in [5, 5.41) is 12.0. The second kappa shape index (κ2) is 8.68. The van der Waals surface area contributed by atoms with Gasteiger partial charge in [-0.3, -0.25) is 14.8 Å². The summed E-state index contributed by atoms with van der Waals surface area (Å²) in [7, 11) is -3.78. The monoisotopic (exact) mass is 436 g/mol. The first-order chi connectivity index (χ1) is 13.4. The second-order valence-corrected chi connectivity index (χ2v) is 9.00. The lowest BCUT2D eigenvalue weighted by Gasteiger charge is -2.12. The summed E-state index contributed by atoms with van der Waals surface area (Å²) in [5.41, 5.74) is 0.824. The number of nitrogens with one attached hydrogen (secondary N) is 2. The van der Waals surface area contributed by atoms with E-state index in [1.54, 1.807) is 36.4 Å². The number of benzene rings is 2. The molecule has 0 saturated heterocycles. The molecule has 1 amide bonds. The van der Waals surface area contributed by atoms with Crippen molar-refractivity contribution in [2.45, 2.75) is 19.1 Å². The van der Waals surface area contributed by atoms with E-state index in [-0.39, 0.29) is 17.0 Å². The third-order valence-corrected chi connectivity index (χ3v) is 6.30. The van der Waals surface area contributed by atoms with Crippen molar-refractivity contribution in [2.24, 2.45) is 0 Å². The van der Waals surface area contributed by atoms with Crippen LogP contribution in [0.15, 0.2) is 48.5 Å². The number of carbonyl (C=O) groups excluding carboxylic acids is 1. The van der Waals surface area contributed by atoms with Crippen molar-refractivity contribution < 1.29 is 13.2 Å².